The van der Waals surface area contributed by atoms with Crippen molar-refractivity contribution in [2.45, 2.75) is 30.5 Å². The van der Waals surface area contributed by atoms with Crippen molar-refractivity contribution < 1.29 is 69.8 Å². The molecule has 30 heavy (non-hydrogen) atoms. The van der Waals surface area contributed by atoms with Crippen LogP contribution in [0.15, 0.2) is 12.3 Å². The third kappa shape index (κ3) is 6.34. The molecule has 7 atom stereocenters. The van der Waals surface area contributed by atoms with Gasteiger partial charge in [0.2, 0.25) is 0 Å². The van der Waals surface area contributed by atoms with E-state index in [1.807, 2.05) is 0 Å². The molecule has 0 bridgehead atoms. The van der Waals surface area contributed by atoms with Gasteiger partial charge in [-0.15, -0.1) is 0 Å². The van der Waals surface area contributed by atoms with E-state index in [9.17, 15) is 37.3 Å². The minimum absolute atomic E-state index is 0.489. The van der Waals surface area contributed by atoms with Gasteiger partial charge >= 0.3 is 29.5 Å². The molecule has 1 saturated heterocycles. The van der Waals surface area contributed by atoms with Gasteiger partial charge in [0.15, 0.2) is 18.5 Å². The first-order valence-electron chi connectivity index (χ1n) is 7.45. The van der Waals surface area contributed by atoms with Gasteiger partial charge in [-0.1, -0.05) is 0 Å². The fourth-order valence-electron chi connectivity index (χ4n) is 2.25. The maximum Gasteiger partial charge on any atom is 0.490 e. The molecule has 8 N–H and O–H groups in total. The number of hydrogen-bond donors (Lipinski definition) is 7. The Balaban J connectivity index is 2.08. The number of alkyl halides is 2. The van der Waals surface area contributed by atoms with Crippen LogP contribution in [-0.2, 0) is 31.6 Å². The number of nitrogens with one attached hydrogen (secondary N) is 1. The van der Waals surface area contributed by atoms with E-state index in [1.165, 1.54) is 0 Å². The zero-order valence-corrected chi connectivity index (χ0v) is 17.0. The molecule has 2 amide bonds. The van der Waals surface area contributed by atoms with E-state index in [-0.39, 0.29) is 0 Å². The van der Waals surface area contributed by atoms with Crippen LogP contribution in [0.4, 0.5) is 13.6 Å². The standard InChI is InChI=1S/C9H16F2N3O13P3/c10-5-6(15)9(11,25-7(5)14-2-1-4(12)13-8(14)16)3-24-29(20,21)27-30(22,23)26-28(17,18)19/h1-2,4-7,15H,3,12H2,(H,13,16)(H,20,21)(H,22,23)(H2,17,18,19)/t4?,5-,6+,7-,9-/m1/s1. The van der Waals surface area contributed by atoms with Crippen molar-refractivity contribution in [3.8, 4) is 0 Å². The van der Waals surface area contributed by atoms with E-state index in [2.05, 4.69) is 23.2 Å². The molecule has 0 aromatic carbocycles. The first-order valence-corrected chi connectivity index (χ1v) is 12.0. The van der Waals surface area contributed by atoms with Gasteiger partial charge in [-0.2, -0.15) is 8.62 Å². The number of ether oxygens (including phenoxy) is 1. The number of carbonyl (C=O) groups is 1. The molecule has 0 spiro atoms. The molecule has 2 rings (SSSR count). The average molecular weight is 505 g/mol. The molecule has 0 aliphatic carbocycles. The van der Waals surface area contributed by atoms with Crippen LogP contribution < -0.4 is 11.1 Å². The molecule has 21 heteroatoms. The zero-order chi connectivity index (χ0) is 23.1. The average Bonchev–Trinajstić information content (AvgIpc) is 2.75. The van der Waals surface area contributed by atoms with Crippen LogP contribution in [0.2, 0.25) is 0 Å². The Morgan fingerprint density at radius 1 is 1.23 bits per heavy atom. The number of phosphoric ester groups is 1. The van der Waals surface area contributed by atoms with Crippen molar-refractivity contribution >= 4 is 29.5 Å². The highest BCUT2D eigenvalue weighted by molar-refractivity contribution is 7.66. The van der Waals surface area contributed by atoms with Crippen molar-refractivity contribution in [2.75, 3.05) is 6.61 Å². The topological polar surface area (TPSA) is 248 Å². The third-order valence-corrected chi connectivity index (χ3v) is 7.21. The molecule has 174 valence electrons. The fraction of sp³-hybridized carbons (Fsp3) is 0.667. The Kier molecular flexibility index (Phi) is 7.28. The van der Waals surface area contributed by atoms with E-state index in [0.717, 1.165) is 12.3 Å². The molecule has 16 nitrogen and oxygen atoms in total. The maximum absolute atomic E-state index is 14.8. The van der Waals surface area contributed by atoms with Crippen LogP contribution in [0.5, 0.6) is 0 Å². The van der Waals surface area contributed by atoms with E-state index in [1.54, 1.807) is 0 Å². The Morgan fingerprint density at radius 2 is 1.83 bits per heavy atom. The van der Waals surface area contributed by atoms with Gasteiger partial charge in [0.25, 0.3) is 5.85 Å². The van der Waals surface area contributed by atoms with Crippen LogP contribution in [0.25, 0.3) is 0 Å². The monoisotopic (exact) mass is 505 g/mol. The minimum atomic E-state index is -5.88. The normalized spacial score (nSPS) is 36.3. The number of phosphoric acid groups is 3. The Labute approximate surface area is 165 Å². The molecule has 0 radical (unpaired) electrons. The lowest BCUT2D eigenvalue weighted by Gasteiger charge is -2.31. The summed E-state index contributed by atoms with van der Waals surface area (Å²) < 4.78 is 77.9. The number of amides is 2. The number of aliphatic hydroxyl groups excluding tert-OH is 1. The Bertz CT molecular complexity index is 855. The number of carbonyl (C=O) groups excluding carboxylic acids is 1. The largest absolute Gasteiger partial charge is 0.490 e. The molecule has 0 aromatic rings. The summed E-state index contributed by atoms with van der Waals surface area (Å²) >= 11 is 0. The smallest absolute Gasteiger partial charge is 0.384 e. The van der Waals surface area contributed by atoms with Gasteiger partial charge in [0.1, 0.15) is 6.61 Å². The first-order chi connectivity index (χ1) is 13.4. The van der Waals surface area contributed by atoms with Crippen LogP contribution in [0, 0.1) is 0 Å². The molecule has 0 saturated carbocycles. The summed E-state index contributed by atoms with van der Waals surface area (Å²) in [7, 11) is -17.3. The highest BCUT2D eigenvalue weighted by Gasteiger charge is 2.60. The first kappa shape index (κ1) is 25.4. The lowest BCUT2D eigenvalue weighted by atomic mass is 10.1. The van der Waals surface area contributed by atoms with Crippen LogP contribution in [0.1, 0.15) is 0 Å². The van der Waals surface area contributed by atoms with E-state index >= 15 is 0 Å². The number of rotatable bonds is 8. The number of hydrogen-bond acceptors (Lipinski definition) is 10. The number of nitrogens with two attached hydrogens (primary N) is 1. The molecule has 1 fully saturated rings. The van der Waals surface area contributed by atoms with Gasteiger partial charge in [0, 0.05) is 6.20 Å². The second-order valence-corrected chi connectivity index (χ2v) is 10.2. The van der Waals surface area contributed by atoms with Crippen LogP contribution in [0.3, 0.4) is 0 Å². The molecular formula is C9H16F2N3O13P3. The number of urea groups is 1. The Hall–Kier alpha value is -0.840. The Morgan fingerprint density at radius 3 is 2.37 bits per heavy atom. The zero-order valence-electron chi connectivity index (χ0n) is 14.3. The molecule has 2 aliphatic rings. The number of nitrogens with zero attached hydrogens (tertiary/aromatic N) is 1. The van der Waals surface area contributed by atoms with Gasteiger partial charge in [-0.05, 0) is 6.08 Å². The summed E-state index contributed by atoms with van der Waals surface area (Å²) in [6.45, 7) is -1.78. The van der Waals surface area contributed by atoms with E-state index in [4.69, 9.17) is 20.4 Å². The molecule has 2 heterocycles. The third-order valence-electron chi connectivity index (χ3n) is 3.43. The number of halogens is 2. The van der Waals surface area contributed by atoms with Gasteiger partial charge in [-0.3, -0.25) is 9.42 Å². The summed E-state index contributed by atoms with van der Waals surface area (Å²) in [6, 6.07) is -1.03. The molecular weight excluding hydrogens is 489 g/mol. The molecule has 0 aromatic heterocycles. The molecule has 3 unspecified atom stereocenters. The SMILES string of the molecule is NC1C=CN([C@@H]2O[C@](F)(COP(=O)(O)OP(=O)(O)OP(=O)(O)O)[C@@H](O)[C@H]2F)C(=O)N1. The summed E-state index contributed by atoms with van der Waals surface area (Å²) in [6.07, 6.45) is -6.18. The predicted molar refractivity (Wildman–Crippen MR) is 86.9 cm³/mol. The van der Waals surface area contributed by atoms with E-state index in [0.29, 0.717) is 4.90 Å². The number of aliphatic hydroxyl groups is 1. The highest BCUT2D eigenvalue weighted by Crippen LogP contribution is 2.66. The highest BCUT2D eigenvalue weighted by atomic mass is 31.3. The minimum Gasteiger partial charge on any atom is -0.384 e. The summed E-state index contributed by atoms with van der Waals surface area (Å²) in [5, 5.41) is 11.9. The lowest BCUT2D eigenvalue weighted by molar-refractivity contribution is -0.205. The van der Waals surface area contributed by atoms with Gasteiger partial charge in [0.05, 0.1) is 6.17 Å². The second-order valence-electron chi connectivity index (χ2n) is 5.77. The quantitative estimate of drug-likeness (QED) is 0.193. The van der Waals surface area contributed by atoms with Gasteiger partial charge < -0.3 is 40.5 Å². The second kappa shape index (κ2) is 8.60. The molecule has 2 aliphatic heterocycles. The van der Waals surface area contributed by atoms with E-state index < -0.39 is 66.6 Å². The van der Waals surface area contributed by atoms with Crippen molar-refractivity contribution in [3.63, 3.8) is 0 Å². The van der Waals surface area contributed by atoms with Crippen LogP contribution in [-0.4, -0.2) is 72.7 Å². The van der Waals surface area contributed by atoms with Crippen LogP contribution >= 0.6 is 23.5 Å². The summed E-state index contributed by atoms with van der Waals surface area (Å²) in [5.41, 5.74) is 5.39. The predicted octanol–water partition coefficient (Wildman–Crippen LogP) is -1.13. The summed E-state index contributed by atoms with van der Waals surface area (Å²) in [4.78, 5) is 47.4. The fourth-order valence-corrected chi connectivity index (χ4v) is 5.28. The van der Waals surface area contributed by atoms with Crippen molar-refractivity contribution in [1.29, 1.82) is 0 Å². The van der Waals surface area contributed by atoms with Crippen molar-refractivity contribution in [3.05, 3.63) is 12.3 Å². The lowest BCUT2D eigenvalue weighted by Crippen LogP contribution is -2.54. The summed E-state index contributed by atoms with van der Waals surface area (Å²) in [5.74, 6) is -3.57. The van der Waals surface area contributed by atoms with Crippen molar-refractivity contribution in [2.24, 2.45) is 5.73 Å². The maximum atomic E-state index is 14.8. The van der Waals surface area contributed by atoms with Gasteiger partial charge in [-0.25, -0.2) is 27.3 Å². The van der Waals surface area contributed by atoms with Crippen molar-refractivity contribution in [1.82, 2.24) is 10.2 Å².